The van der Waals surface area contributed by atoms with Crippen LogP contribution in [0.1, 0.15) is 26.2 Å². The second-order valence-corrected chi connectivity index (χ2v) is 3.00. The molecular formula is C9H18O5. The minimum Gasteiger partial charge on any atom is -0.481 e. The van der Waals surface area contributed by atoms with Crippen molar-refractivity contribution in [3.05, 3.63) is 0 Å². The predicted octanol–water partition coefficient (Wildman–Crippen LogP) is -0.000400. The number of hydrogen-bond donors (Lipinski definition) is 3. The zero-order valence-corrected chi connectivity index (χ0v) is 8.35. The van der Waals surface area contributed by atoms with E-state index in [0.717, 1.165) is 6.42 Å². The van der Waals surface area contributed by atoms with Crippen LogP contribution in [0.5, 0.6) is 0 Å². The Morgan fingerprint density at radius 1 is 1.29 bits per heavy atom. The molecule has 0 aromatic carbocycles. The van der Waals surface area contributed by atoms with E-state index in [2.05, 4.69) is 0 Å². The van der Waals surface area contributed by atoms with Gasteiger partial charge in [0.2, 0.25) is 0 Å². The van der Waals surface area contributed by atoms with Gasteiger partial charge in [0.1, 0.15) is 0 Å². The van der Waals surface area contributed by atoms with Crippen molar-refractivity contribution < 1.29 is 24.9 Å². The van der Waals surface area contributed by atoms with E-state index in [-0.39, 0.29) is 25.7 Å². The van der Waals surface area contributed by atoms with Gasteiger partial charge in [0.05, 0.1) is 25.4 Å². The van der Waals surface area contributed by atoms with Crippen molar-refractivity contribution in [1.29, 1.82) is 0 Å². The second-order valence-electron chi connectivity index (χ2n) is 3.00. The summed E-state index contributed by atoms with van der Waals surface area (Å²) in [4.78, 5) is 10.1. The van der Waals surface area contributed by atoms with Crippen LogP contribution in [-0.2, 0) is 9.53 Å². The number of aliphatic carboxylic acids is 1. The fourth-order valence-electron chi connectivity index (χ4n) is 1.06. The van der Waals surface area contributed by atoms with Crippen LogP contribution >= 0.6 is 0 Å². The number of rotatable bonds is 5. The highest BCUT2D eigenvalue weighted by Gasteiger charge is 2.36. The number of carboxylic acids is 1. The third-order valence-corrected chi connectivity index (χ3v) is 1.83. The lowest BCUT2D eigenvalue weighted by atomic mass is 10.2. The largest absolute Gasteiger partial charge is 0.481 e. The van der Waals surface area contributed by atoms with Gasteiger partial charge >= 0.3 is 5.97 Å². The van der Waals surface area contributed by atoms with Gasteiger partial charge in [-0.1, -0.05) is 6.92 Å². The molecule has 1 rings (SSSR count). The van der Waals surface area contributed by atoms with Gasteiger partial charge < -0.3 is 20.1 Å². The van der Waals surface area contributed by atoms with E-state index in [4.69, 9.17) is 20.1 Å². The molecule has 84 valence electrons. The van der Waals surface area contributed by atoms with Crippen molar-refractivity contribution in [2.45, 2.75) is 38.4 Å². The summed E-state index contributed by atoms with van der Waals surface area (Å²) in [6, 6.07) is 0. The molecule has 0 aromatic rings. The average molecular weight is 206 g/mol. The zero-order chi connectivity index (χ0) is 11.0. The van der Waals surface area contributed by atoms with Crippen LogP contribution in [0.4, 0.5) is 0 Å². The summed E-state index contributed by atoms with van der Waals surface area (Å²) < 4.78 is 5.15. The normalized spacial score (nSPS) is 23.6. The quantitative estimate of drug-likeness (QED) is 0.551. The third kappa shape index (κ3) is 6.82. The summed E-state index contributed by atoms with van der Waals surface area (Å²) in [5.74, 6) is -0.731. The predicted molar refractivity (Wildman–Crippen MR) is 50.0 cm³/mol. The topological polar surface area (TPSA) is 90.3 Å². The fourth-order valence-corrected chi connectivity index (χ4v) is 1.06. The molecule has 0 aromatic heterocycles. The maximum Gasteiger partial charge on any atom is 0.303 e. The number of aliphatic hydroxyl groups excluding tert-OH is 2. The van der Waals surface area contributed by atoms with E-state index in [1.54, 1.807) is 0 Å². The summed E-state index contributed by atoms with van der Waals surface area (Å²) in [6.45, 7) is 1.80. The van der Waals surface area contributed by atoms with E-state index >= 15 is 0 Å². The molecule has 1 aliphatic rings. The molecule has 5 heteroatoms. The number of ether oxygens (including phenoxy) is 1. The molecule has 0 aliphatic carbocycles. The van der Waals surface area contributed by atoms with Crippen molar-refractivity contribution in [1.82, 2.24) is 0 Å². The highest BCUT2D eigenvalue weighted by Crippen LogP contribution is 2.28. The Labute approximate surface area is 83.3 Å². The van der Waals surface area contributed by atoms with Gasteiger partial charge in [0, 0.05) is 6.42 Å². The molecule has 0 saturated carbocycles. The fraction of sp³-hybridized carbons (Fsp3) is 0.889. The van der Waals surface area contributed by atoms with E-state index < -0.39 is 5.97 Å². The Kier molecular flexibility index (Phi) is 7.37. The van der Waals surface area contributed by atoms with E-state index in [9.17, 15) is 4.79 Å². The van der Waals surface area contributed by atoms with E-state index in [1.165, 1.54) is 0 Å². The molecule has 14 heavy (non-hydrogen) atoms. The van der Waals surface area contributed by atoms with Crippen LogP contribution in [0.2, 0.25) is 0 Å². The molecule has 1 aliphatic heterocycles. The Morgan fingerprint density at radius 3 is 2.14 bits per heavy atom. The van der Waals surface area contributed by atoms with Crippen LogP contribution in [-0.4, -0.2) is 46.7 Å². The summed E-state index contributed by atoms with van der Waals surface area (Å²) in [6.07, 6.45) is 2.50. The van der Waals surface area contributed by atoms with Crippen LogP contribution in [0, 0.1) is 0 Å². The van der Waals surface area contributed by atoms with Gasteiger partial charge in [-0.05, 0) is 12.8 Å². The second kappa shape index (κ2) is 7.73. The van der Waals surface area contributed by atoms with Crippen molar-refractivity contribution in [2.75, 3.05) is 13.2 Å². The van der Waals surface area contributed by atoms with Gasteiger partial charge in [0.25, 0.3) is 0 Å². The van der Waals surface area contributed by atoms with Crippen LogP contribution in [0.15, 0.2) is 0 Å². The van der Waals surface area contributed by atoms with Gasteiger partial charge in [-0.2, -0.15) is 0 Å². The van der Waals surface area contributed by atoms with Gasteiger partial charge in [0.15, 0.2) is 0 Å². The minimum atomic E-state index is -0.731. The number of carbonyl (C=O) groups is 1. The molecule has 0 spiro atoms. The number of aliphatic hydroxyl groups is 2. The SMILES string of the molecule is CCC1OC1CCC(=O)O.OCCO. The van der Waals surface area contributed by atoms with E-state index in [0.29, 0.717) is 12.5 Å². The molecule has 0 bridgehead atoms. The minimum absolute atomic E-state index is 0.125. The Morgan fingerprint density at radius 2 is 1.86 bits per heavy atom. The highest BCUT2D eigenvalue weighted by molar-refractivity contribution is 5.66. The van der Waals surface area contributed by atoms with Gasteiger partial charge in [-0.15, -0.1) is 0 Å². The van der Waals surface area contributed by atoms with Crippen LogP contribution in [0.25, 0.3) is 0 Å². The molecule has 1 saturated heterocycles. The summed E-state index contributed by atoms with van der Waals surface area (Å²) in [5.41, 5.74) is 0. The first-order valence-electron chi connectivity index (χ1n) is 4.74. The molecule has 0 radical (unpaired) electrons. The summed E-state index contributed by atoms with van der Waals surface area (Å²) in [5, 5.41) is 23.5. The van der Waals surface area contributed by atoms with Crippen molar-refractivity contribution in [3.8, 4) is 0 Å². The maximum atomic E-state index is 10.1. The maximum absolute atomic E-state index is 10.1. The van der Waals surface area contributed by atoms with Crippen LogP contribution in [0.3, 0.4) is 0 Å². The monoisotopic (exact) mass is 206 g/mol. The number of carboxylic acid groups (broad SMARTS) is 1. The zero-order valence-electron chi connectivity index (χ0n) is 8.35. The molecule has 0 amide bonds. The molecule has 2 atom stereocenters. The summed E-state index contributed by atoms with van der Waals surface area (Å²) >= 11 is 0. The molecule has 3 N–H and O–H groups in total. The van der Waals surface area contributed by atoms with Crippen molar-refractivity contribution in [3.63, 3.8) is 0 Å². The number of epoxide rings is 1. The van der Waals surface area contributed by atoms with Gasteiger partial charge in [-0.3, -0.25) is 4.79 Å². The van der Waals surface area contributed by atoms with Crippen molar-refractivity contribution >= 4 is 5.97 Å². The summed E-state index contributed by atoms with van der Waals surface area (Å²) in [7, 11) is 0. The first kappa shape index (κ1) is 13.4. The van der Waals surface area contributed by atoms with Crippen molar-refractivity contribution in [2.24, 2.45) is 0 Å². The molecular weight excluding hydrogens is 188 g/mol. The lowest BCUT2D eigenvalue weighted by molar-refractivity contribution is -0.137. The Hall–Kier alpha value is -0.650. The number of hydrogen-bond acceptors (Lipinski definition) is 4. The Bertz CT molecular complexity index is 157. The highest BCUT2D eigenvalue weighted by atomic mass is 16.6. The molecule has 5 nitrogen and oxygen atoms in total. The standard InChI is InChI=1S/C7H12O3.C2H6O2/c1-2-5-6(10-5)3-4-7(8)9;3-1-2-4/h5-6H,2-4H2,1H3,(H,8,9);3-4H,1-2H2. The Balaban J connectivity index is 0.000000364. The first-order valence-corrected chi connectivity index (χ1v) is 4.74. The lowest BCUT2D eigenvalue weighted by Gasteiger charge is -1.88. The lowest BCUT2D eigenvalue weighted by Crippen LogP contribution is -1.99. The molecule has 2 unspecified atom stereocenters. The van der Waals surface area contributed by atoms with E-state index in [1.807, 2.05) is 6.92 Å². The molecule has 1 fully saturated rings. The average Bonchev–Trinajstić information content (AvgIpc) is 2.94. The third-order valence-electron chi connectivity index (χ3n) is 1.83. The molecule has 1 heterocycles. The first-order chi connectivity index (χ1) is 6.65. The smallest absolute Gasteiger partial charge is 0.303 e. The van der Waals surface area contributed by atoms with Crippen LogP contribution < -0.4 is 0 Å². The van der Waals surface area contributed by atoms with Gasteiger partial charge in [-0.25, -0.2) is 0 Å².